The van der Waals surface area contributed by atoms with E-state index in [1.54, 1.807) is 12.1 Å². The Labute approximate surface area is 96.8 Å². The zero-order chi connectivity index (χ0) is 11.5. The highest BCUT2D eigenvalue weighted by atomic mass is 35.5. The number of aryl methyl sites for hydroxylation is 1. The number of halogens is 2. The van der Waals surface area contributed by atoms with Crippen molar-refractivity contribution in [1.29, 1.82) is 0 Å². The van der Waals surface area contributed by atoms with Gasteiger partial charge in [-0.2, -0.15) is 0 Å². The Kier molecular flexibility index (Phi) is 3.01. The van der Waals surface area contributed by atoms with Gasteiger partial charge in [-0.15, -0.1) is 10.2 Å². The van der Waals surface area contributed by atoms with Crippen LogP contribution in [0.1, 0.15) is 5.56 Å². The Morgan fingerprint density at radius 1 is 1.19 bits per heavy atom. The molecule has 5 heteroatoms. The molecule has 0 spiro atoms. The first-order valence-corrected chi connectivity index (χ1v) is 4.96. The maximum absolute atomic E-state index is 13.3. The lowest BCUT2D eigenvalue weighted by Gasteiger charge is -2.05. The smallest absolute Gasteiger partial charge is 0.239 e. The summed E-state index contributed by atoms with van der Waals surface area (Å²) in [7, 11) is 0. The van der Waals surface area contributed by atoms with Gasteiger partial charge in [0.25, 0.3) is 0 Å². The highest BCUT2D eigenvalue weighted by Crippen LogP contribution is 2.23. The average molecular weight is 239 g/mol. The predicted octanol–water partition coefficient (Wildman–Crippen LogP) is 3.37. The van der Waals surface area contributed by atoms with Gasteiger partial charge in [-0.25, -0.2) is 4.39 Å². The van der Waals surface area contributed by atoms with Crippen LogP contribution in [0.3, 0.4) is 0 Å². The predicted molar refractivity (Wildman–Crippen MR) is 58.3 cm³/mol. The SMILES string of the molecule is Cc1ccc(F)c(Oc2ccc(Cl)nn2)c1. The van der Waals surface area contributed by atoms with E-state index in [0.717, 1.165) is 5.56 Å². The summed E-state index contributed by atoms with van der Waals surface area (Å²) < 4.78 is 18.6. The van der Waals surface area contributed by atoms with E-state index in [4.69, 9.17) is 16.3 Å². The molecule has 82 valence electrons. The quantitative estimate of drug-likeness (QED) is 0.805. The highest BCUT2D eigenvalue weighted by molar-refractivity contribution is 6.29. The van der Waals surface area contributed by atoms with Crippen LogP contribution in [0.2, 0.25) is 5.15 Å². The summed E-state index contributed by atoms with van der Waals surface area (Å²) >= 11 is 5.57. The molecule has 3 nitrogen and oxygen atoms in total. The monoisotopic (exact) mass is 238 g/mol. The summed E-state index contributed by atoms with van der Waals surface area (Å²) in [6.07, 6.45) is 0. The summed E-state index contributed by atoms with van der Waals surface area (Å²) in [5.41, 5.74) is 0.901. The average Bonchev–Trinajstić information content (AvgIpc) is 2.27. The zero-order valence-electron chi connectivity index (χ0n) is 8.45. The molecular formula is C11H8ClFN2O. The minimum atomic E-state index is -0.442. The van der Waals surface area contributed by atoms with Crippen LogP contribution in [0.25, 0.3) is 0 Å². The first-order chi connectivity index (χ1) is 7.65. The number of benzene rings is 1. The maximum Gasteiger partial charge on any atom is 0.239 e. The molecule has 2 aromatic rings. The van der Waals surface area contributed by atoms with Crippen LogP contribution in [0, 0.1) is 12.7 Å². The summed E-state index contributed by atoms with van der Waals surface area (Å²) in [4.78, 5) is 0. The summed E-state index contributed by atoms with van der Waals surface area (Å²) in [5, 5.41) is 7.53. The third kappa shape index (κ3) is 2.46. The van der Waals surface area contributed by atoms with Crippen LogP contribution in [0.4, 0.5) is 4.39 Å². The number of ether oxygens (including phenoxy) is 1. The fourth-order valence-corrected chi connectivity index (χ4v) is 1.26. The lowest BCUT2D eigenvalue weighted by Crippen LogP contribution is -1.93. The molecule has 0 bridgehead atoms. The van der Waals surface area contributed by atoms with Crippen molar-refractivity contribution < 1.29 is 9.13 Å². The minimum Gasteiger partial charge on any atom is -0.434 e. The lowest BCUT2D eigenvalue weighted by atomic mass is 10.2. The summed E-state index contributed by atoms with van der Waals surface area (Å²) in [6, 6.07) is 7.64. The van der Waals surface area contributed by atoms with Gasteiger partial charge >= 0.3 is 0 Å². The summed E-state index contributed by atoms with van der Waals surface area (Å²) in [6.45, 7) is 1.85. The van der Waals surface area contributed by atoms with Gasteiger partial charge in [-0.3, -0.25) is 0 Å². The Bertz CT molecular complexity index is 502. The van der Waals surface area contributed by atoms with Crippen LogP contribution < -0.4 is 4.74 Å². The Hall–Kier alpha value is -1.68. The second kappa shape index (κ2) is 4.45. The van der Waals surface area contributed by atoms with E-state index < -0.39 is 5.82 Å². The van der Waals surface area contributed by atoms with Gasteiger partial charge in [0.05, 0.1) is 0 Å². The number of aromatic nitrogens is 2. The van der Waals surface area contributed by atoms with Gasteiger partial charge < -0.3 is 4.74 Å². The topological polar surface area (TPSA) is 35.0 Å². The molecule has 1 aromatic heterocycles. The molecule has 0 amide bonds. The largest absolute Gasteiger partial charge is 0.434 e. The van der Waals surface area contributed by atoms with Crippen molar-refractivity contribution in [3.63, 3.8) is 0 Å². The molecule has 0 saturated carbocycles. The standard InChI is InChI=1S/C11H8ClFN2O/c1-7-2-3-8(13)9(6-7)16-11-5-4-10(12)14-15-11/h2-6H,1H3. The Morgan fingerprint density at radius 2 is 2.00 bits per heavy atom. The van der Waals surface area contributed by atoms with E-state index in [9.17, 15) is 4.39 Å². The van der Waals surface area contributed by atoms with Crippen LogP contribution >= 0.6 is 11.6 Å². The molecule has 0 fully saturated rings. The molecule has 0 aliphatic heterocycles. The molecule has 0 N–H and O–H groups in total. The van der Waals surface area contributed by atoms with Gasteiger partial charge in [-0.1, -0.05) is 17.7 Å². The van der Waals surface area contributed by atoms with Gasteiger partial charge in [0, 0.05) is 6.07 Å². The number of rotatable bonds is 2. The van der Waals surface area contributed by atoms with Crippen molar-refractivity contribution >= 4 is 11.6 Å². The third-order valence-electron chi connectivity index (χ3n) is 1.91. The maximum atomic E-state index is 13.3. The van der Waals surface area contributed by atoms with Crippen LogP contribution in [0.5, 0.6) is 11.6 Å². The molecule has 0 saturated heterocycles. The van der Waals surface area contributed by atoms with Crippen molar-refractivity contribution in [2.75, 3.05) is 0 Å². The molecule has 16 heavy (non-hydrogen) atoms. The van der Waals surface area contributed by atoms with Crippen LogP contribution in [-0.4, -0.2) is 10.2 Å². The van der Waals surface area contributed by atoms with Gasteiger partial charge in [0.15, 0.2) is 16.7 Å². The van der Waals surface area contributed by atoms with E-state index in [-0.39, 0.29) is 16.8 Å². The molecule has 1 aromatic carbocycles. The zero-order valence-corrected chi connectivity index (χ0v) is 9.20. The Morgan fingerprint density at radius 3 is 2.69 bits per heavy atom. The van der Waals surface area contributed by atoms with Crippen LogP contribution in [0.15, 0.2) is 30.3 Å². The van der Waals surface area contributed by atoms with E-state index in [1.807, 2.05) is 6.92 Å². The van der Waals surface area contributed by atoms with Crippen LogP contribution in [-0.2, 0) is 0 Å². The lowest BCUT2D eigenvalue weighted by molar-refractivity contribution is 0.421. The molecular weight excluding hydrogens is 231 g/mol. The van der Waals surface area contributed by atoms with Crippen molar-refractivity contribution in [3.05, 3.63) is 46.9 Å². The van der Waals surface area contributed by atoms with Crippen molar-refractivity contribution in [2.45, 2.75) is 6.92 Å². The van der Waals surface area contributed by atoms with Gasteiger partial charge in [0.1, 0.15) is 0 Å². The fraction of sp³-hybridized carbons (Fsp3) is 0.0909. The van der Waals surface area contributed by atoms with E-state index in [1.165, 1.54) is 18.2 Å². The first kappa shape index (κ1) is 10.8. The third-order valence-corrected chi connectivity index (χ3v) is 2.11. The molecule has 0 aliphatic rings. The minimum absolute atomic E-state index is 0.122. The fourth-order valence-electron chi connectivity index (χ4n) is 1.16. The second-order valence-corrected chi connectivity index (χ2v) is 3.62. The molecule has 0 aliphatic carbocycles. The first-order valence-electron chi connectivity index (χ1n) is 4.58. The molecule has 0 unspecified atom stereocenters. The van der Waals surface area contributed by atoms with Gasteiger partial charge in [-0.05, 0) is 30.7 Å². The Balaban J connectivity index is 2.26. The van der Waals surface area contributed by atoms with E-state index in [0.29, 0.717) is 0 Å². The van der Waals surface area contributed by atoms with Crippen molar-refractivity contribution in [1.82, 2.24) is 10.2 Å². The van der Waals surface area contributed by atoms with E-state index in [2.05, 4.69) is 10.2 Å². The number of hydrogen-bond donors (Lipinski definition) is 0. The summed E-state index contributed by atoms with van der Waals surface area (Å²) in [5.74, 6) is -0.118. The molecule has 0 radical (unpaired) electrons. The van der Waals surface area contributed by atoms with Crippen molar-refractivity contribution in [3.8, 4) is 11.6 Å². The normalized spacial score (nSPS) is 10.2. The molecule has 2 rings (SSSR count). The second-order valence-electron chi connectivity index (χ2n) is 3.23. The van der Waals surface area contributed by atoms with Crippen molar-refractivity contribution in [2.24, 2.45) is 0 Å². The molecule has 1 heterocycles. The number of nitrogens with zero attached hydrogens (tertiary/aromatic N) is 2. The highest BCUT2D eigenvalue weighted by Gasteiger charge is 2.06. The molecule has 0 atom stereocenters. The van der Waals surface area contributed by atoms with E-state index >= 15 is 0 Å². The van der Waals surface area contributed by atoms with Gasteiger partial charge in [0.2, 0.25) is 5.88 Å². The number of hydrogen-bond acceptors (Lipinski definition) is 3.